The highest BCUT2D eigenvalue weighted by molar-refractivity contribution is 6.09. The Bertz CT molecular complexity index is 848. The van der Waals surface area contributed by atoms with E-state index < -0.39 is 0 Å². The lowest BCUT2D eigenvalue weighted by molar-refractivity contribution is 0.0959. The van der Waals surface area contributed by atoms with Gasteiger partial charge in [0.2, 0.25) is 0 Å². The monoisotopic (exact) mass is 348 g/mol. The van der Waals surface area contributed by atoms with Crippen LogP contribution in [-0.2, 0) is 4.74 Å². The number of hydrogen-bond acceptors (Lipinski definition) is 3. The quantitative estimate of drug-likeness (QED) is 0.817. The van der Waals surface area contributed by atoms with Crippen LogP contribution in [0.1, 0.15) is 38.6 Å². The Kier molecular flexibility index (Phi) is 5.67. The molecule has 2 amide bonds. The predicted octanol–water partition coefficient (Wildman–Crippen LogP) is 2.81. The van der Waals surface area contributed by atoms with Crippen LogP contribution in [0.25, 0.3) is 0 Å². The summed E-state index contributed by atoms with van der Waals surface area (Å²) in [6, 6.07) is 14.4. The lowest BCUT2D eigenvalue weighted by atomic mass is 9.96. The van der Waals surface area contributed by atoms with Gasteiger partial charge in [-0.1, -0.05) is 30.2 Å². The van der Waals surface area contributed by atoms with Gasteiger partial charge in [-0.25, -0.2) is 0 Å². The van der Waals surface area contributed by atoms with Crippen molar-refractivity contribution in [2.24, 2.45) is 0 Å². The van der Waals surface area contributed by atoms with Crippen LogP contribution >= 0.6 is 0 Å². The molecule has 1 unspecified atom stereocenters. The van der Waals surface area contributed by atoms with Gasteiger partial charge in [-0.2, -0.15) is 0 Å². The molecule has 1 fully saturated rings. The molecule has 0 aromatic heterocycles. The predicted molar refractivity (Wildman–Crippen MR) is 100 cm³/mol. The largest absolute Gasteiger partial charge is 0.381 e. The summed E-state index contributed by atoms with van der Waals surface area (Å²) in [6.07, 6.45) is 6.13. The van der Waals surface area contributed by atoms with Crippen LogP contribution in [0.3, 0.4) is 0 Å². The van der Waals surface area contributed by atoms with Crippen LogP contribution in [0.5, 0.6) is 0 Å². The third kappa shape index (κ3) is 4.11. The summed E-state index contributed by atoms with van der Waals surface area (Å²) < 4.78 is 5.42. The number of benzene rings is 2. The molecule has 3 rings (SSSR count). The molecule has 1 aliphatic rings. The molecule has 1 saturated heterocycles. The van der Waals surface area contributed by atoms with E-state index in [1.807, 2.05) is 18.2 Å². The van der Waals surface area contributed by atoms with Gasteiger partial charge >= 0.3 is 0 Å². The van der Waals surface area contributed by atoms with Gasteiger partial charge in [0.05, 0.1) is 24.4 Å². The fourth-order valence-corrected chi connectivity index (χ4v) is 2.94. The fourth-order valence-electron chi connectivity index (χ4n) is 2.94. The van der Waals surface area contributed by atoms with Crippen molar-refractivity contribution in [3.05, 3.63) is 65.2 Å². The first-order chi connectivity index (χ1) is 12.7. The number of ether oxygens (including phenoxy) is 1. The van der Waals surface area contributed by atoms with E-state index in [-0.39, 0.29) is 18.4 Å². The lowest BCUT2D eigenvalue weighted by Crippen LogP contribution is -2.25. The molecule has 0 radical (unpaired) electrons. The second-order valence-electron chi connectivity index (χ2n) is 6.07. The second-order valence-corrected chi connectivity index (χ2v) is 6.07. The maximum absolute atomic E-state index is 12.7. The molecule has 2 aromatic carbocycles. The minimum Gasteiger partial charge on any atom is -0.381 e. The van der Waals surface area contributed by atoms with Crippen molar-refractivity contribution in [3.63, 3.8) is 0 Å². The molecular formula is C21H20N2O3. The van der Waals surface area contributed by atoms with E-state index in [2.05, 4.69) is 16.6 Å². The highest BCUT2D eigenvalue weighted by atomic mass is 16.5. The molecule has 0 saturated carbocycles. The van der Waals surface area contributed by atoms with Crippen LogP contribution < -0.4 is 10.6 Å². The third-order valence-corrected chi connectivity index (χ3v) is 4.32. The Hall–Kier alpha value is -3.10. The van der Waals surface area contributed by atoms with Crippen molar-refractivity contribution >= 4 is 17.5 Å². The molecule has 5 heteroatoms. The van der Waals surface area contributed by atoms with Crippen LogP contribution in [0, 0.1) is 12.3 Å². The summed E-state index contributed by atoms with van der Waals surface area (Å²) in [5.41, 5.74) is 2.46. The summed E-state index contributed by atoms with van der Waals surface area (Å²) in [5.74, 6) is 2.10. The zero-order valence-corrected chi connectivity index (χ0v) is 14.3. The van der Waals surface area contributed by atoms with Gasteiger partial charge in [0.25, 0.3) is 11.8 Å². The minimum atomic E-state index is -0.323. The molecule has 0 aliphatic carbocycles. The van der Waals surface area contributed by atoms with Gasteiger partial charge in [-0.3, -0.25) is 9.59 Å². The van der Waals surface area contributed by atoms with Gasteiger partial charge in [-0.05, 0) is 36.2 Å². The zero-order chi connectivity index (χ0) is 18.4. The first-order valence-corrected chi connectivity index (χ1v) is 8.49. The van der Waals surface area contributed by atoms with Crippen molar-refractivity contribution in [2.45, 2.75) is 12.3 Å². The van der Waals surface area contributed by atoms with E-state index in [9.17, 15) is 9.59 Å². The number of terminal acetylenes is 1. The molecule has 5 nitrogen and oxygen atoms in total. The third-order valence-electron chi connectivity index (χ3n) is 4.32. The Balaban J connectivity index is 1.77. The number of anilines is 1. The summed E-state index contributed by atoms with van der Waals surface area (Å²) in [5, 5.41) is 5.43. The first kappa shape index (κ1) is 17.7. The SMILES string of the molecule is C#CCNC(=O)c1ccccc1NC(=O)c1cccc(C2CCOC2)c1. The number of amides is 2. The fraction of sp³-hybridized carbons (Fsp3) is 0.238. The number of carbonyl (C=O) groups is 2. The van der Waals surface area contributed by atoms with E-state index in [0.29, 0.717) is 29.3 Å². The molecular weight excluding hydrogens is 328 g/mol. The van der Waals surface area contributed by atoms with E-state index in [1.54, 1.807) is 30.3 Å². The second kappa shape index (κ2) is 8.32. The Morgan fingerprint density at radius 2 is 2.00 bits per heavy atom. The number of rotatable bonds is 5. The molecule has 0 spiro atoms. The maximum Gasteiger partial charge on any atom is 0.255 e. The Labute approximate surface area is 152 Å². The van der Waals surface area contributed by atoms with E-state index >= 15 is 0 Å². The summed E-state index contributed by atoms with van der Waals surface area (Å²) >= 11 is 0. The summed E-state index contributed by atoms with van der Waals surface area (Å²) in [4.78, 5) is 24.9. The Morgan fingerprint density at radius 3 is 2.77 bits per heavy atom. The maximum atomic E-state index is 12.7. The molecule has 1 atom stereocenters. The molecule has 132 valence electrons. The topological polar surface area (TPSA) is 67.4 Å². The molecule has 26 heavy (non-hydrogen) atoms. The molecule has 0 bridgehead atoms. The first-order valence-electron chi connectivity index (χ1n) is 8.49. The van der Waals surface area contributed by atoms with Gasteiger partial charge in [-0.15, -0.1) is 6.42 Å². The van der Waals surface area contributed by atoms with E-state index in [4.69, 9.17) is 11.2 Å². The number of para-hydroxylation sites is 1. The van der Waals surface area contributed by atoms with Crippen LogP contribution in [-0.4, -0.2) is 31.6 Å². The van der Waals surface area contributed by atoms with Gasteiger partial charge in [0, 0.05) is 18.1 Å². The smallest absolute Gasteiger partial charge is 0.255 e. The molecule has 2 N–H and O–H groups in total. The average molecular weight is 348 g/mol. The Morgan fingerprint density at radius 1 is 1.15 bits per heavy atom. The summed E-state index contributed by atoms with van der Waals surface area (Å²) in [7, 11) is 0. The van der Waals surface area contributed by atoms with Gasteiger partial charge < -0.3 is 15.4 Å². The number of nitrogens with one attached hydrogen (secondary N) is 2. The van der Waals surface area contributed by atoms with Crippen molar-refractivity contribution in [2.75, 3.05) is 25.1 Å². The molecule has 1 aliphatic heterocycles. The zero-order valence-electron chi connectivity index (χ0n) is 14.3. The normalized spacial score (nSPS) is 15.9. The number of hydrogen-bond donors (Lipinski definition) is 2. The summed E-state index contributed by atoms with van der Waals surface area (Å²) in [6.45, 7) is 1.57. The van der Waals surface area contributed by atoms with E-state index in [1.165, 1.54) is 0 Å². The van der Waals surface area contributed by atoms with Crippen molar-refractivity contribution in [1.82, 2.24) is 5.32 Å². The average Bonchev–Trinajstić information content (AvgIpc) is 3.21. The number of carbonyl (C=O) groups excluding carboxylic acids is 2. The molecule has 2 aromatic rings. The van der Waals surface area contributed by atoms with Gasteiger partial charge in [0.15, 0.2) is 0 Å². The van der Waals surface area contributed by atoms with Crippen molar-refractivity contribution in [3.8, 4) is 12.3 Å². The van der Waals surface area contributed by atoms with E-state index in [0.717, 1.165) is 18.6 Å². The highest BCUT2D eigenvalue weighted by Crippen LogP contribution is 2.26. The van der Waals surface area contributed by atoms with Gasteiger partial charge in [0.1, 0.15) is 0 Å². The van der Waals surface area contributed by atoms with Crippen molar-refractivity contribution < 1.29 is 14.3 Å². The van der Waals surface area contributed by atoms with Crippen molar-refractivity contribution in [1.29, 1.82) is 0 Å². The lowest BCUT2D eigenvalue weighted by Gasteiger charge is -2.12. The minimum absolute atomic E-state index is 0.132. The van der Waals surface area contributed by atoms with Crippen LogP contribution in [0.15, 0.2) is 48.5 Å². The van der Waals surface area contributed by atoms with Crippen LogP contribution in [0.2, 0.25) is 0 Å². The highest BCUT2D eigenvalue weighted by Gasteiger charge is 2.19. The van der Waals surface area contributed by atoms with Crippen LogP contribution in [0.4, 0.5) is 5.69 Å². The molecule has 1 heterocycles. The standard InChI is InChI=1S/C21H20N2O3/c1-2-11-22-21(25)18-8-3-4-9-19(18)23-20(24)16-7-5-6-15(13-16)17-10-12-26-14-17/h1,3-9,13,17H,10-12,14H2,(H,22,25)(H,23,24).